The second-order valence-corrected chi connectivity index (χ2v) is 7.25. The van der Waals surface area contributed by atoms with Crippen LogP contribution in [0, 0.1) is 11.8 Å². The highest BCUT2D eigenvalue weighted by Gasteiger charge is 2.48. The minimum Gasteiger partial charge on any atom is -0.326 e. The number of alkyl halides is 3. The molecule has 0 radical (unpaired) electrons. The minimum absolute atomic E-state index is 0.0658. The summed E-state index contributed by atoms with van der Waals surface area (Å²) >= 11 is 0. The van der Waals surface area contributed by atoms with Crippen LogP contribution in [-0.4, -0.2) is 11.8 Å². The van der Waals surface area contributed by atoms with Crippen molar-refractivity contribution in [3.05, 3.63) is 59.7 Å². The van der Waals surface area contributed by atoms with Crippen molar-refractivity contribution in [3.8, 4) is 0 Å². The lowest BCUT2D eigenvalue weighted by Crippen LogP contribution is -2.21. The number of hydrogen-bond donors (Lipinski definition) is 2. The molecule has 2 atom stereocenters. The molecule has 2 unspecified atom stereocenters. The van der Waals surface area contributed by atoms with Gasteiger partial charge in [0, 0.05) is 11.4 Å². The lowest BCUT2D eigenvalue weighted by atomic mass is 10.0. The van der Waals surface area contributed by atoms with Crippen molar-refractivity contribution in [2.75, 3.05) is 10.6 Å². The van der Waals surface area contributed by atoms with Gasteiger partial charge in [0.1, 0.15) is 0 Å². The van der Waals surface area contributed by atoms with Crippen molar-refractivity contribution in [1.29, 1.82) is 0 Å². The molecule has 0 aromatic heterocycles. The highest BCUT2D eigenvalue weighted by Crippen LogP contribution is 2.41. The van der Waals surface area contributed by atoms with Gasteiger partial charge < -0.3 is 10.6 Å². The van der Waals surface area contributed by atoms with Gasteiger partial charge in [-0.15, -0.1) is 0 Å². The van der Waals surface area contributed by atoms with Gasteiger partial charge in [-0.1, -0.05) is 38.1 Å². The van der Waals surface area contributed by atoms with E-state index in [1.165, 1.54) is 12.1 Å². The number of nitrogens with one attached hydrogen (secondary N) is 2. The maximum atomic E-state index is 12.8. The summed E-state index contributed by atoms with van der Waals surface area (Å²) in [5, 5.41) is 5.34. The third-order valence-electron chi connectivity index (χ3n) is 4.76. The van der Waals surface area contributed by atoms with Crippen molar-refractivity contribution < 1.29 is 22.8 Å². The topological polar surface area (TPSA) is 58.2 Å². The molecular formula is C21H21F3N2O2. The molecule has 2 aromatic carbocycles. The fourth-order valence-electron chi connectivity index (χ4n) is 3.12. The van der Waals surface area contributed by atoms with Crippen molar-refractivity contribution in [2.45, 2.75) is 32.4 Å². The Morgan fingerprint density at radius 2 is 1.61 bits per heavy atom. The van der Waals surface area contributed by atoms with Gasteiger partial charge in [-0.2, -0.15) is 13.2 Å². The quantitative estimate of drug-likeness (QED) is 0.751. The van der Waals surface area contributed by atoms with Gasteiger partial charge in [0.2, 0.25) is 11.8 Å². The zero-order valence-corrected chi connectivity index (χ0v) is 15.5. The highest BCUT2D eigenvalue weighted by molar-refractivity contribution is 6.03. The monoisotopic (exact) mass is 390 g/mol. The van der Waals surface area contributed by atoms with Crippen LogP contribution in [0.25, 0.3) is 0 Å². The fourth-order valence-corrected chi connectivity index (χ4v) is 3.12. The molecule has 148 valence electrons. The molecule has 1 fully saturated rings. The molecule has 4 nitrogen and oxygen atoms in total. The van der Waals surface area contributed by atoms with Crippen molar-refractivity contribution in [2.24, 2.45) is 11.8 Å². The normalized spacial score (nSPS) is 18.6. The predicted octanol–water partition coefficient (Wildman–Crippen LogP) is 5.04. The summed E-state index contributed by atoms with van der Waals surface area (Å²) in [6.07, 6.45) is -4.10. The fraction of sp³-hybridized carbons (Fsp3) is 0.333. The van der Waals surface area contributed by atoms with Crippen LogP contribution in [0.2, 0.25) is 0 Å². The van der Waals surface area contributed by atoms with E-state index in [4.69, 9.17) is 0 Å². The number of amides is 2. The molecule has 1 saturated carbocycles. The van der Waals surface area contributed by atoms with Crippen molar-refractivity contribution >= 4 is 23.2 Å². The zero-order valence-electron chi connectivity index (χ0n) is 15.5. The molecule has 0 bridgehead atoms. The van der Waals surface area contributed by atoms with Crippen LogP contribution < -0.4 is 10.6 Å². The molecule has 0 heterocycles. The Labute approximate surface area is 161 Å². The summed E-state index contributed by atoms with van der Waals surface area (Å²) in [6.45, 7) is 4.04. The first-order chi connectivity index (χ1) is 13.2. The number of para-hydroxylation sites is 1. The molecule has 0 saturated heterocycles. The van der Waals surface area contributed by atoms with Crippen LogP contribution in [0.4, 0.5) is 24.5 Å². The second kappa shape index (κ2) is 7.66. The second-order valence-electron chi connectivity index (χ2n) is 7.25. The summed E-state index contributed by atoms with van der Waals surface area (Å²) in [4.78, 5) is 24.8. The SMILES string of the molecule is CC(C)c1ccccc1NC(=O)C1CC1C(=O)Nc1cccc(C(F)(F)F)c1. The molecule has 2 amide bonds. The third kappa shape index (κ3) is 4.52. The molecule has 2 aromatic rings. The van der Waals surface area contributed by atoms with E-state index in [2.05, 4.69) is 10.6 Å². The molecule has 7 heteroatoms. The van der Waals surface area contributed by atoms with Gasteiger partial charge in [-0.3, -0.25) is 9.59 Å². The lowest BCUT2D eigenvalue weighted by Gasteiger charge is -2.13. The minimum atomic E-state index is -4.48. The number of halogens is 3. The van der Waals surface area contributed by atoms with E-state index in [0.29, 0.717) is 12.1 Å². The first-order valence-electron chi connectivity index (χ1n) is 9.04. The van der Waals surface area contributed by atoms with E-state index in [9.17, 15) is 22.8 Å². The smallest absolute Gasteiger partial charge is 0.326 e. The Morgan fingerprint density at radius 3 is 2.25 bits per heavy atom. The first-order valence-corrected chi connectivity index (χ1v) is 9.04. The van der Waals surface area contributed by atoms with Crippen LogP contribution in [0.15, 0.2) is 48.5 Å². The number of benzene rings is 2. The van der Waals surface area contributed by atoms with E-state index >= 15 is 0 Å². The number of carbonyl (C=O) groups excluding carboxylic acids is 2. The predicted molar refractivity (Wildman–Crippen MR) is 101 cm³/mol. The van der Waals surface area contributed by atoms with Crippen LogP contribution in [-0.2, 0) is 15.8 Å². The molecule has 0 aliphatic heterocycles. The molecule has 2 N–H and O–H groups in total. The first kappa shape index (κ1) is 19.9. The van der Waals surface area contributed by atoms with Gasteiger partial charge in [0.25, 0.3) is 0 Å². The van der Waals surface area contributed by atoms with Crippen LogP contribution in [0.5, 0.6) is 0 Å². The summed E-state index contributed by atoms with van der Waals surface area (Å²) < 4.78 is 38.3. The van der Waals surface area contributed by atoms with Gasteiger partial charge in [0.15, 0.2) is 0 Å². The number of rotatable bonds is 5. The number of hydrogen-bond acceptors (Lipinski definition) is 2. The molecule has 3 rings (SSSR count). The van der Waals surface area contributed by atoms with Gasteiger partial charge in [0.05, 0.1) is 17.4 Å². The molecular weight excluding hydrogens is 369 g/mol. The number of anilines is 2. The van der Waals surface area contributed by atoms with Crippen LogP contribution in [0.1, 0.15) is 37.3 Å². The molecule has 28 heavy (non-hydrogen) atoms. The van der Waals surface area contributed by atoms with Gasteiger partial charge in [-0.25, -0.2) is 0 Å². The average Bonchev–Trinajstić information content (AvgIpc) is 3.42. The average molecular weight is 390 g/mol. The Bertz CT molecular complexity index is 893. The standard InChI is InChI=1S/C21H21F3N2O2/c1-12(2)15-8-3-4-9-18(15)26-20(28)17-11-16(17)19(27)25-14-7-5-6-13(10-14)21(22,23)24/h3-10,12,16-17H,11H2,1-2H3,(H,25,27)(H,26,28). The molecule has 0 spiro atoms. The lowest BCUT2D eigenvalue weighted by molar-refractivity contribution is -0.137. The third-order valence-corrected chi connectivity index (χ3v) is 4.76. The summed E-state index contributed by atoms with van der Waals surface area (Å²) in [7, 11) is 0. The van der Waals surface area contributed by atoms with Crippen molar-refractivity contribution in [1.82, 2.24) is 0 Å². The summed E-state index contributed by atoms with van der Waals surface area (Å²) in [5.74, 6) is -1.49. The summed E-state index contributed by atoms with van der Waals surface area (Å²) in [5.41, 5.74) is 0.949. The zero-order chi connectivity index (χ0) is 20.5. The van der Waals surface area contributed by atoms with E-state index in [0.717, 1.165) is 17.7 Å². The maximum absolute atomic E-state index is 12.8. The number of carbonyl (C=O) groups is 2. The van der Waals surface area contributed by atoms with E-state index in [-0.39, 0.29) is 17.5 Å². The Morgan fingerprint density at radius 1 is 0.964 bits per heavy atom. The highest BCUT2D eigenvalue weighted by atomic mass is 19.4. The van der Waals surface area contributed by atoms with Crippen LogP contribution in [0.3, 0.4) is 0 Å². The van der Waals surface area contributed by atoms with Crippen molar-refractivity contribution in [3.63, 3.8) is 0 Å². The Hall–Kier alpha value is -2.83. The molecule has 1 aliphatic carbocycles. The van der Waals surface area contributed by atoms with Crippen LogP contribution >= 0.6 is 0 Å². The van der Waals surface area contributed by atoms with E-state index in [1.807, 2.05) is 38.1 Å². The van der Waals surface area contributed by atoms with Gasteiger partial charge in [-0.05, 0) is 42.2 Å². The Kier molecular flexibility index (Phi) is 5.45. The molecule has 1 aliphatic rings. The van der Waals surface area contributed by atoms with E-state index < -0.39 is 29.5 Å². The van der Waals surface area contributed by atoms with E-state index in [1.54, 1.807) is 0 Å². The Balaban J connectivity index is 1.61. The maximum Gasteiger partial charge on any atom is 0.416 e. The summed E-state index contributed by atoms with van der Waals surface area (Å²) in [6, 6.07) is 11.9. The van der Waals surface area contributed by atoms with Gasteiger partial charge >= 0.3 is 6.18 Å². The largest absolute Gasteiger partial charge is 0.416 e.